The Morgan fingerprint density at radius 2 is 1.79 bits per heavy atom. The Hall–Kier alpha value is -1.99. The number of rotatable bonds is 2. The van der Waals surface area contributed by atoms with Gasteiger partial charge in [0.25, 0.3) is 0 Å². The molecule has 3 rings (SSSR count). The Balaban J connectivity index is 2.28. The molecule has 8 heteroatoms. The van der Waals surface area contributed by atoms with Gasteiger partial charge >= 0.3 is 6.18 Å². The summed E-state index contributed by atoms with van der Waals surface area (Å²) in [6.45, 7) is 0. The van der Waals surface area contributed by atoms with Gasteiger partial charge in [0.1, 0.15) is 5.82 Å². The van der Waals surface area contributed by atoms with Gasteiger partial charge in [0.2, 0.25) is 0 Å². The van der Waals surface area contributed by atoms with Crippen molar-refractivity contribution >= 4 is 33.3 Å². The molecule has 124 valence electrons. The summed E-state index contributed by atoms with van der Waals surface area (Å²) in [5.41, 5.74) is 5.48. The minimum Gasteiger partial charge on any atom is -0.383 e. The first-order valence-corrected chi connectivity index (χ1v) is 7.92. The lowest BCUT2D eigenvalue weighted by Crippen LogP contribution is -2.08. The average Bonchev–Trinajstić information content (AvgIpc) is 2.85. The molecule has 0 saturated carbocycles. The molecule has 0 fully saturated rings. The Kier molecular flexibility index (Phi) is 4.31. The van der Waals surface area contributed by atoms with Crippen molar-refractivity contribution in [2.75, 3.05) is 5.73 Å². The standard InChI is InChI=1S/C16H10BrClF3N3/c17-10-4-1-3-9(7-10)13-14(16(19,20)21)23-24(15(13)22)12-6-2-5-11(18)8-12/h1-8H,22H2. The van der Waals surface area contributed by atoms with Gasteiger partial charge in [-0.2, -0.15) is 18.3 Å². The predicted molar refractivity (Wildman–Crippen MR) is 91.1 cm³/mol. The molecule has 0 saturated heterocycles. The summed E-state index contributed by atoms with van der Waals surface area (Å²) in [6, 6.07) is 12.8. The van der Waals surface area contributed by atoms with Crippen molar-refractivity contribution in [3.05, 3.63) is 63.7 Å². The van der Waals surface area contributed by atoms with Crippen molar-refractivity contribution in [3.8, 4) is 16.8 Å². The van der Waals surface area contributed by atoms with E-state index in [1.165, 1.54) is 6.07 Å². The van der Waals surface area contributed by atoms with E-state index >= 15 is 0 Å². The Bertz CT molecular complexity index is 906. The first kappa shape index (κ1) is 16.9. The largest absolute Gasteiger partial charge is 0.435 e. The molecule has 0 bridgehead atoms. The second-order valence-electron chi connectivity index (χ2n) is 5.01. The van der Waals surface area contributed by atoms with Crippen molar-refractivity contribution in [3.63, 3.8) is 0 Å². The maximum Gasteiger partial charge on any atom is 0.435 e. The van der Waals surface area contributed by atoms with Gasteiger partial charge in [-0.3, -0.25) is 0 Å². The monoisotopic (exact) mass is 415 g/mol. The van der Waals surface area contributed by atoms with Crippen LogP contribution in [0.2, 0.25) is 5.02 Å². The van der Waals surface area contributed by atoms with E-state index < -0.39 is 11.9 Å². The van der Waals surface area contributed by atoms with Gasteiger partial charge in [-0.1, -0.05) is 45.7 Å². The fourth-order valence-electron chi connectivity index (χ4n) is 2.36. The molecule has 0 aliphatic rings. The highest BCUT2D eigenvalue weighted by molar-refractivity contribution is 9.10. The average molecular weight is 417 g/mol. The van der Waals surface area contributed by atoms with E-state index in [4.69, 9.17) is 17.3 Å². The lowest BCUT2D eigenvalue weighted by atomic mass is 10.1. The molecular formula is C16H10BrClF3N3. The number of hydrogen-bond acceptors (Lipinski definition) is 2. The highest BCUT2D eigenvalue weighted by Crippen LogP contribution is 2.41. The van der Waals surface area contributed by atoms with Gasteiger partial charge in [-0.25, -0.2) is 4.68 Å². The molecule has 0 amide bonds. The zero-order valence-electron chi connectivity index (χ0n) is 12.0. The Morgan fingerprint density at radius 1 is 1.08 bits per heavy atom. The third-order valence-electron chi connectivity index (χ3n) is 3.36. The molecule has 0 radical (unpaired) electrons. The summed E-state index contributed by atoms with van der Waals surface area (Å²) in [7, 11) is 0. The SMILES string of the molecule is Nc1c(-c2cccc(Br)c2)c(C(F)(F)F)nn1-c1cccc(Cl)c1. The molecule has 0 unspecified atom stereocenters. The van der Waals surface area contributed by atoms with Crippen LogP contribution >= 0.6 is 27.5 Å². The van der Waals surface area contributed by atoms with Gasteiger partial charge in [-0.15, -0.1) is 0 Å². The van der Waals surface area contributed by atoms with Crippen LogP contribution in [0, 0.1) is 0 Å². The van der Waals surface area contributed by atoms with E-state index in [0.29, 0.717) is 20.7 Å². The number of nitrogens with zero attached hydrogens (tertiary/aromatic N) is 2. The van der Waals surface area contributed by atoms with E-state index in [1.807, 2.05) is 0 Å². The lowest BCUT2D eigenvalue weighted by Gasteiger charge is -2.07. The van der Waals surface area contributed by atoms with Crippen LogP contribution < -0.4 is 5.73 Å². The summed E-state index contributed by atoms with van der Waals surface area (Å²) in [5.74, 6) is -0.109. The summed E-state index contributed by atoms with van der Waals surface area (Å²) in [4.78, 5) is 0. The molecule has 0 aliphatic carbocycles. The molecule has 2 N–H and O–H groups in total. The summed E-state index contributed by atoms with van der Waals surface area (Å²) < 4.78 is 42.0. The van der Waals surface area contributed by atoms with Gasteiger partial charge in [0.15, 0.2) is 5.69 Å². The maximum atomic E-state index is 13.5. The molecular weight excluding hydrogens is 407 g/mol. The zero-order valence-corrected chi connectivity index (χ0v) is 14.3. The fourth-order valence-corrected chi connectivity index (χ4v) is 2.95. The second-order valence-corrected chi connectivity index (χ2v) is 6.36. The van der Waals surface area contributed by atoms with Crippen molar-refractivity contribution < 1.29 is 13.2 Å². The summed E-state index contributed by atoms with van der Waals surface area (Å²) >= 11 is 9.16. The normalized spacial score (nSPS) is 11.7. The number of aromatic nitrogens is 2. The molecule has 0 aliphatic heterocycles. The Labute approximate surface area is 149 Å². The predicted octanol–water partition coefficient (Wildman–Crippen LogP) is 5.56. The molecule has 24 heavy (non-hydrogen) atoms. The molecule has 2 aromatic carbocycles. The second kappa shape index (κ2) is 6.14. The van der Waals surface area contributed by atoms with Crippen LogP contribution in [0.3, 0.4) is 0 Å². The summed E-state index contributed by atoms with van der Waals surface area (Å²) in [5, 5.41) is 4.07. The molecule has 0 atom stereocenters. The van der Waals surface area contributed by atoms with Gasteiger partial charge in [-0.05, 0) is 35.9 Å². The van der Waals surface area contributed by atoms with E-state index in [-0.39, 0.29) is 11.4 Å². The number of anilines is 1. The first-order chi connectivity index (χ1) is 11.3. The number of alkyl halides is 3. The van der Waals surface area contributed by atoms with Crippen LogP contribution in [0.5, 0.6) is 0 Å². The third kappa shape index (κ3) is 3.14. The molecule has 3 aromatic rings. The van der Waals surface area contributed by atoms with Crippen LogP contribution in [-0.2, 0) is 6.18 Å². The Morgan fingerprint density at radius 3 is 2.42 bits per heavy atom. The van der Waals surface area contributed by atoms with Crippen molar-refractivity contribution in [2.24, 2.45) is 0 Å². The highest BCUT2D eigenvalue weighted by Gasteiger charge is 2.39. The van der Waals surface area contributed by atoms with Crippen LogP contribution in [-0.4, -0.2) is 9.78 Å². The highest BCUT2D eigenvalue weighted by atomic mass is 79.9. The number of nitrogens with two attached hydrogens (primary N) is 1. The molecule has 3 nitrogen and oxygen atoms in total. The lowest BCUT2D eigenvalue weighted by molar-refractivity contribution is -0.140. The summed E-state index contributed by atoms with van der Waals surface area (Å²) in [6.07, 6.45) is -4.64. The van der Waals surface area contributed by atoms with E-state index in [0.717, 1.165) is 4.68 Å². The van der Waals surface area contributed by atoms with Gasteiger partial charge in [0.05, 0.1) is 11.3 Å². The number of hydrogen-bond donors (Lipinski definition) is 1. The number of nitrogen functional groups attached to an aromatic ring is 1. The molecule has 1 aromatic heterocycles. The quantitative estimate of drug-likeness (QED) is 0.595. The zero-order chi connectivity index (χ0) is 17.5. The van der Waals surface area contributed by atoms with Crippen LogP contribution in [0.25, 0.3) is 16.8 Å². The fraction of sp³-hybridized carbons (Fsp3) is 0.0625. The maximum absolute atomic E-state index is 13.5. The van der Waals surface area contributed by atoms with Crippen molar-refractivity contribution in [1.82, 2.24) is 9.78 Å². The van der Waals surface area contributed by atoms with Gasteiger partial charge < -0.3 is 5.73 Å². The molecule has 1 heterocycles. The van der Waals surface area contributed by atoms with E-state index in [1.54, 1.807) is 42.5 Å². The minimum atomic E-state index is -4.64. The number of halogens is 5. The van der Waals surface area contributed by atoms with E-state index in [9.17, 15) is 13.2 Å². The van der Waals surface area contributed by atoms with Crippen LogP contribution in [0.4, 0.5) is 19.0 Å². The van der Waals surface area contributed by atoms with Crippen LogP contribution in [0.15, 0.2) is 53.0 Å². The minimum absolute atomic E-state index is 0.109. The van der Waals surface area contributed by atoms with E-state index in [2.05, 4.69) is 21.0 Å². The number of benzene rings is 2. The smallest absolute Gasteiger partial charge is 0.383 e. The van der Waals surface area contributed by atoms with Gasteiger partial charge in [0, 0.05) is 9.50 Å². The van der Waals surface area contributed by atoms with Crippen molar-refractivity contribution in [1.29, 1.82) is 0 Å². The first-order valence-electron chi connectivity index (χ1n) is 6.75. The third-order valence-corrected chi connectivity index (χ3v) is 4.08. The topological polar surface area (TPSA) is 43.8 Å². The van der Waals surface area contributed by atoms with Crippen molar-refractivity contribution in [2.45, 2.75) is 6.18 Å². The van der Waals surface area contributed by atoms with Crippen LogP contribution in [0.1, 0.15) is 5.69 Å². The molecule has 0 spiro atoms.